The van der Waals surface area contributed by atoms with Gasteiger partial charge in [0, 0.05) is 25.0 Å². The summed E-state index contributed by atoms with van der Waals surface area (Å²) in [6.45, 7) is 1.10. The third-order valence-electron chi connectivity index (χ3n) is 4.46. The molecule has 1 aliphatic rings. The Bertz CT molecular complexity index is 712. The van der Waals surface area contributed by atoms with Gasteiger partial charge in [0.1, 0.15) is 5.82 Å². The molecule has 7 heteroatoms. The maximum Gasteiger partial charge on any atom is 0.230 e. The van der Waals surface area contributed by atoms with Gasteiger partial charge in [0.15, 0.2) is 0 Å². The van der Waals surface area contributed by atoms with E-state index >= 15 is 0 Å². The van der Waals surface area contributed by atoms with Gasteiger partial charge in [-0.15, -0.1) is 0 Å². The molecule has 6 nitrogen and oxygen atoms in total. The molecular formula is C19H21ClN4O2. The summed E-state index contributed by atoms with van der Waals surface area (Å²) in [5.41, 5.74) is 7.26. The van der Waals surface area contributed by atoms with Crippen LogP contribution in [-0.2, 0) is 16.0 Å². The minimum atomic E-state index is -0.239. The number of aromatic nitrogens is 1. The highest BCUT2D eigenvalue weighted by molar-refractivity contribution is 6.30. The summed E-state index contributed by atoms with van der Waals surface area (Å²) in [7, 11) is 0. The van der Waals surface area contributed by atoms with Crippen LogP contribution in [0, 0.1) is 5.92 Å². The molecule has 136 valence electrons. The van der Waals surface area contributed by atoms with E-state index in [1.165, 1.54) is 6.20 Å². The summed E-state index contributed by atoms with van der Waals surface area (Å²) in [4.78, 5) is 30.9. The second kappa shape index (κ2) is 8.19. The highest BCUT2D eigenvalue weighted by atomic mass is 35.5. The number of carbonyl (C=O) groups excluding carboxylic acids is 2. The predicted molar refractivity (Wildman–Crippen MR) is 102 cm³/mol. The van der Waals surface area contributed by atoms with Gasteiger partial charge in [-0.1, -0.05) is 23.7 Å². The molecule has 3 N–H and O–H groups in total. The molecule has 0 saturated carbocycles. The molecule has 3 rings (SSSR count). The lowest BCUT2D eigenvalue weighted by Crippen LogP contribution is -2.44. The number of anilines is 2. The zero-order valence-electron chi connectivity index (χ0n) is 14.3. The highest BCUT2D eigenvalue weighted by Gasteiger charge is 2.28. The largest absolute Gasteiger partial charge is 0.399 e. The Labute approximate surface area is 157 Å². The summed E-state index contributed by atoms with van der Waals surface area (Å²) >= 11 is 5.80. The average molecular weight is 373 g/mol. The van der Waals surface area contributed by atoms with Gasteiger partial charge < -0.3 is 16.0 Å². The molecule has 1 fully saturated rings. The number of rotatable bonds is 4. The summed E-state index contributed by atoms with van der Waals surface area (Å²) < 4.78 is 0. The second-order valence-corrected chi connectivity index (χ2v) is 6.88. The van der Waals surface area contributed by atoms with E-state index in [2.05, 4.69) is 10.3 Å². The van der Waals surface area contributed by atoms with Gasteiger partial charge >= 0.3 is 0 Å². The van der Waals surface area contributed by atoms with E-state index < -0.39 is 0 Å². The maximum atomic E-state index is 12.6. The van der Waals surface area contributed by atoms with Gasteiger partial charge in [-0.05, 0) is 42.7 Å². The van der Waals surface area contributed by atoms with E-state index in [1.54, 1.807) is 29.2 Å². The molecule has 26 heavy (non-hydrogen) atoms. The Balaban J connectivity index is 1.57. The fourth-order valence-electron chi connectivity index (χ4n) is 3.02. The number of hydrogen-bond acceptors (Lipinski definition) is 4. The fraction of sp³-hybridized carbons (Fsp3) is 0.316. The quantitative estimate of drug-likeness (QED) is 0.807. The summed E-state index contributed by atoms with van der Waals surface area (Å²) in [6.07, 6.45) is 3.36. The number of hydrogen-bond donors (Lipinski definition) is 2. The first kappa shape index (κ1) is 18.2. The van der Waals surface area contributed by atoms with Gasteiger partial charge in [0.25, 0.3) is 0 Å². The summed E-state index contributed by atoms with van der Waals surface area (Å²) in [5, 5.41) is 3.31. The minimum Gasteiger partial charge on any atom is -0.399 e. The van der Waals surface area contributed by atoms with E-state index in [0.29, 0.717) is 36.0 Å². The lowest BCUT2D eigenvalue weighted by Gasteiger charge is -2.32. The van der Waals surface area contributed by atoms with Crippen molar-refractivity contribution in [3.8, 4) is 0 Å². The van der Waals surface area contributed by atoms with Crippen LogP contribution in [-0.4, -0.2) is 34.8 Å². The Morgan fingerprint density at radius 1 is 1.23 bits per heavy atom. The smallest absolute Gasteiger partial charge is 0.230 e. The first-order chi connectivity index (χ1) is 12.5. The number of amides is 2. The normalized spacial score (nSPS) is 17.0. The minimum absolute atomic E-state index is 0.0249. The molecule has 2 heterocycles. The van der Waals surface area contributed by atoms with Crippen LogP contribution in [0.15, 0.2) is 42.6 Å². The van der Waals surface area contributed by atoms with E-state index in [9.17, 15) is 9.59 Å². The third-order valence-corrected chi connectivity index (χ3v) is 4.68. The summed E-state index contributed by atoms with van der Waals surface area (Å²) in [5.74, 6) is 0.128. The van der Waals surface area contributed by atoms with Crippen molar-refractivity contribution in [2.24, 2.45) is 5.92 Å². The highest BCUT2D eigenvalue weighted by Crippen LogP contribution is 2.20. The van der Waals surface area contributed by atoms with E-state index in [4.69, 9.17) is 17.3 Å². The zero-order valence-corrected chi connectivity index (χ0v) is 15.1. The number of halogens is 1. The lowest BCUT2D eigenvalue weighted by molar-refractivity contribution is -0.133. The molecule has 1 atom stereocenters. The monoisotopic (exact) mass is 372 g/mol. The van der Waals surface area contributed by atoms with Crippen molar-refractivity contribution in [3.05, 3.63) is 53.2 Å². The van der Waals surface area contributed by atoms with E-state index in [0.717, 1.165) is 18.4 Å². The molecular weight excluding hydrogens is 352 g/mol. The number of likely N-dealkylation sites (tertiary alicyclic amines) is 1. The molecule has 0 aliphatic carbocycles. The number of pyridine rings is 1. The van der Waals surface area contributed by atoms with Gasteiger partial charge in [0.2, 0.25) is 11.8 Å². The van der Waals surface area contributed by atoms with Crippen molar-refractivity contribution in [1.29, 1.82) is 0 Å². The Morgan fingerprint density at radius 2 is 2.00 bits per heavy atom. The van der Waals surface area contributed by atoms with Crippen molar-refractivity contribution in [3.63, 3.8) is 0 Å². The lowest BCUT2D eigenvalue weighted by atomic mass is 9.96. The Hall–Kier alpha value is -2.60. The fourth-order valence-corrected chi connectivity index (χ4v) is 3.13. The molecule has 1 saturated heterocycles. The molecule has 1 aromatic heterocycles. The number of nitrogens with zero attached hydrogens (tertiary/aromatic N) is 2. The SMILES string of the molecule is Nc1ccc(CC(=O)N2CCCC(C(=O)Nc3ccc(Cl)cn3)C2)cc1. The number of nitrogens with two attached hydrogens (primary N) is 1. The van der Waals surface area contributed by atoms with Gasteiger partial charge in [-0.2, -0.15) is 0 Å². The molecule has 0 spiro atoms. The number of benzene rings is 1. The number of carbonyl (C=O) groups is 2. The van der Waals surface area contributed by atoms with Crippen LogP contribution in [0.3, 0.4) is 0 Å². The standard InChI is InChI=1S/C19H21ClN4O2/c20-15-5-8-17(22-11-15)23-19(26)14-2-1-9-24(12-14)18(25)10-13-3-6-16(21)7-4-13/h3-8,11,14H,1-2,9-10,12,21H2,(H,22,23,26). The van der Waals surface area contributed by atoms with Gasteiger partial charge in [-0.25, -0.2) is 4.98 Å². The van der Waals surface area contributed by atoms with Crippen LogP contribution < -0.4 is 11.1 Å². The van der Waals surface area contributed by atoms with Crippen LogP contribution in [0.5, 0.6) is 0 Å². The first-order valence-corrected chi connectivity index (χ1v) is 8.93. The third kappa shape index (κ3) is 4.73. The zero-order chi connectivity index (χ0) is 18.5. The van der Waals surface area contributed by atoms with Gasteiger partial charge in [0.05, 0.1) is 17.4 Å². The Kier molecular flexibility index (Phi) is 5.73. The van der Waals surface area contributed by atoms with Crippen LogP contribution in [0.1, 0.15) is 18.4 Å². The molecule has 2 aromatic rings. The molecule has 0 radical (unpaired) electrons. The van der Waals surface area contributed by atoms with Crippen molar-refractivity contribution >= 4 is 34.9 Å². The van der Waals surface area contributed by atoms with Crippen LogP contribution in [0.4, 0.5) is 11.5 Å². The van der Waals surface area contributed by atoms with Gasteiger partial charge in [-0.3, -0.25) is 9.59 Å². The maximum absolute atomic E-state index is 12.6. The first-order valence-electron chi connectivity index (χ1n) is 8.56. The topological polar surface area (TPSA) is 88.3 Å². The number of nitrogen functional groups attached to an aromatic ring is 1. The number of piperidine rings is 1. The molecule has 1 aliphatic heterocycles. The molecule has 2 amide bonds. The van der Waals surface area contributed by atoms with Crippen molar-refractivity contribution in [2.75, 3.05) is 24.1 Å². The van der Waals surface area contributed by atoms with Crippen LogP contribution in [0.2, 0.25) is 5.02 Å². The van der Waals surface area contributed by atoms with Crippen molar-refractivity contribution in [2.45, 2.75) is 19.3 Å². The van der Waals surface area contributed by atoms with Crippen molar-refractivity contribution < 1.29 is 9.59 Å². The molecule has 1 aromatic carbocycles. The number of nitrogens with one attached hydrogen (secondary N) is 1. The Morgan fingerprint density at radius 3 is 2.69 bits per heavy atom. The van der Waals surface area contributed by atoms with E-state index in [1.807, 2.05) is 12.1 Å². The van der Waals surface area contributed by atoms with E-state index in [-0.39, 0.29) is 17.7 Å². The van der Waals surface area contributed by atoms with Crippen LogP contribution in [0.25, 0.3) is 0 Å². The molecule has 0 bridgehead atoms. The second-order valence-electron chi connectivity index (χ2n) is 6.45. The van der Waals surface area contributed by atoms with Crippen molar-refractivity contribution in [1.82, 2.24) is 9.88 Å². The average Bonchev–Trinajstić information content (AvgIpc) is 2.65. The van der Waals surface area contributed by atoms with Crippen LogP contribution >= 0.6 is 11.6 Å². The molecule has 1 unspecified atom stereocenters. The predicted octanol–water partition coefficient (Wildman–Crippen LogP) is 2.74. The summed E-state index contributed by atoms with van der Waals surface area (Å²) in [6, 6.07) is 10.6.